The van der Waals surface area contributed by atoms with Crippen molar-refractivity contribution in [2.75, 3.05) is 16.8 Å². The summed E-state index contributed by atoms with van der Waals surface area (Å²) >= 11 is 0. The number of amides is 1. The highest BCUT2D eigenvalue weighted by Gasteiger charge is 2.17. The summed E-state index contributed by atoms with van der Waals surface area (Å²) in [5.74, 6) is 0.759. The Kier molecular flexibility index (Phi) is 5.87. The predicted octanol–water partition coefficient (Wildman–Crippen LogP) is 4.77. The Hall–Kier alpha value is -3.14. The van der Waals surface area contributed by atoms with Crippen LogP contribution < -0.4 is 9.80 Å². The van der Waals surface area contributed by atoms with E-state index in [9.17, 15) is 4.79 Å². The summed E-state index contributed by atoms with van der Waals surface area (Å²) in [6.07, 6.45) is 1.71. The molecule has 0 saturated heterocycles. The lowest BCUT2D eigenvalue weighted by molar-refractivity contribution is 0.0993. The number of benzene rings is 2. The smallest absolute Gasteiger partial charge is 0.258 e. The molecule has 0 N–H and O–H groups in total. The Morgan fingerprint density at radius 3 is 2.22 bits per heavy atom. The fourth-order valence-electron chi connectivity index (χ4n) is 2.98. The molecule has 1 heterocycles. The van der Waals surface area contributed by atoms with Gasteiger partial charge in [-0.05, 0) is 43.7 Å². The average molecular weight is 359 g/mol. The molecular weight excluding hydrogens is 334 g/mol. The third-order valence-corrected chi connectivity index (χ3v) is 4.55. The molecule has 0 aliphatic rings. The van der Waals surface area contributed by atoms with Crippen LogP contribution in [-0.2, 0) is 6.54 Å². The molecule has 1 amide bonds. The summed E-state index contributed by atoms with van der Waals surface area (Å²) < 4.78 is 0. The third kappa shape index (κ3) is 4.53. The second kappa shape index (κ2) is 8.49. The van der Waals surface area contributed by atoms with Gasteiger partial charge in [-0.3, -0.25) is 4.79 Å². The maximum absolute atomic E-state index is 12.9. The van der Waals surface area contributed by atoms with Crippen molar-refractivity contribution in [3.8, 4) is 0 Å². The zero-order valence-electron chi connectivity index (χ0n) is 16.0. The average Bonchev–Trinajstić information content (AvgIpc) is 2.72. The first-order valence-electron chi connectivity index (χ1n) is 9.16. The zero-order chi connectivity index (χ0) is 19.2. The molecule has 0 saturated carbocycles. The van der Waals surface area contributed by atoms with E-state index in [4.69, 9.17) is 0 Å². The van der Waals surface area contributed by atoms with Crippen molar-refractivity contribution < 1.29 is 4.79 Å². The van der Waals surface area contributed by atoms with Crippen LogP contribution in [-0.4, -0.2) is 24.0 Å². The van der Waals surface area contributed by atoms with Gasteiger partial charge >= 0.3 is 0 Å². The number of rotatable bonds is 6. The van der Waals surface area contributed by atoms with Crippen molar-refractivity contribution >= 4 is 17.4 Å². The fraction of sp³-hybridized carbons (Fsp3) is 0.217. The van der Waals surface area contributed by atoms with Crippen LogP contribution in [0, 0.1) is 0 Å². The molecule has 0 atom stereocenters. The van der Waals surface area contributed by atoms with E-state index in [0.29, 0.717) is 5.56 Å². The molecule has 4 nitrogen and oxygen atoms in total. The first-order chi connectivity index (χ1) is 13.1. The zero-order valence-corrected chi connectivity index (χ0v) is 16.0. The number of anilines is 2. The Morgan fingerprint density at radius 2 is 1.59 bits per heavy atom. The van der Waals surface area contributed by atoms with Gasteiger partial charge in [0.25, 0.3) is 5.91 Å². The van der Waals surface area contributed by atoms with E-state index >= 15 is 0 Å². The minimum absolute atomic E-state index is 0.0479. The number of carbonyl (C=O) groups excluding carboxylic acids is 1. The van der Waals surface area contributed by atoms with Crippen LogP contribution in [0.1, 0.15) is 29.8 Å². The normalized spacial score (nSPS) is 10.7. The van der Waals surface area contributed by atoms with Crippen molar-refractivity contribution in [3.05, 3.63) is 90.1 Å². The van der Waals surface area contributed by atoms with Gasteiger partial charge in [0.2, 0.25) is 0 Å². The molecule has 4 heteroatoms. The van der Waals surface area contributed by atoms with Crippen LogP contribution in [0.5, 0.6) is 0 Å². The molecule has 0 radical (unpaired) electrons. The van der Waals surface area contributed by atoms with E-state index in [1.54, 1.807) is 24.2 Å². The number of nitrogens with zero attached hydrogens (tertiary/aromatic N) is 3. The van der Waals surface area contributed by atoms with Gasteiger partial charge in [0.1, 0.15) is 5.82 Å². The first kappa shape index (κ1) is 18.6. The number of hydrogen-bond acceptors (Lipinski definition) is 3. The lowest BCUT2D eigenvalue weighted by Crippen LogP contribution is -2.31. The minimum Gasteiger partial charge on any atom is -0.350 e. The number of para-hydroxylation sites is 1. The monoisotopic (exact) mass is 359 g/mol. The van der Waals surface area contributed by atoms with E-state index in [0.717, 1.165) is 18.1 Å². The molecule has 27 heavy (non-hydrogen) atoms. The second-order valence-electron chi connectivity index (χ2n) is 6.81. The molecule has 2 aromatic carbocycles. The Morgan fingerprint density at radius 1 is 0.963 bits per heavy atom. The van der Waals surface area contributed by atoms with Gasteiger partial charge < -0.3 is 9.80 Å². The maximum atomic E-state index is 12.9. The first-order valence-corrected chi connectivity index (χ1v) is 9.16. The molecule has 3 rings (SSSR count). The quantitative estimate of drug-likeness (QED) is 0.636. The summed E-state index contributed by atoms with van der Waals surface area (Å²) in [5, 5.41) is 0. The molecule has 138 valence electrons. The highest BCUT2D eigenvalue weighted by Crippen LogP contribution is 2.21. The number of pyridine rings is 1. The molecule has 0 aliphatic carbocycles. The van der Waals surface area contributed by atoms with Crippen LogP contribution >= 0.6 is 0 Å². The number of hydrogen-bond donors (Lipinski definition) is 0. The molecule has 0 unspecified atom stereocenters. The van der Waals surface area contributed by atoms with Crippen molar-refractivity contribution in [3.63, 3.8) is 0 Å². The van der Waals surface area contributed by atoms with Crippen LogP contribution in [0.3, 0.4) is 0 Å². The van der Waals surface area contributed by atoms with Gasteiger partial charge in [-0.25, -0.2) is 4.98 Å². The van der Waals surface area contributed by atoms with Gasteiger partial charge in [0.05, 0.1) is 0 Å². The summed E-state index contributed by atoms with van der Waals surface area (Å²) in [5.41, 5.74) is 2.71. The van der Waals surface area contributed by atoms with Gasteiger partial charge in [-0.1, -0.05) is 48.5 Å². The van der Waals surface area contributed by atoms with Gasteiger partial charge in [0, 0.05) is 37.1 Å². The third-order valence-electron chi connectivity index (χ3n) is 4.55. The van der Waals surface area contributed by atoms with Gasteiger partial charge in [0.15, 0.2) is 0 Å². The van der Waals surface area contributed by atoms with Crippen LogP contribution in [0.15, 0.2) is 79.0 Å². The van der Waals surface area contributed by atoms with Crippen molar-refractivity contribution in [2.24, 2.45) is 0 Å². The lowest BCUT2D eigenvalue weighted by Gasteiger charge is -2.28. The second-order valence-corrected chi connectivity index (χ2v) is 6.81. The maximum Gasteiger partial charge on any atom is 0.258 e. The van der Waals surface area contributed by atoms with Crippen LogP contribution in [0.25, 0.3) is 0 Å². The standard InChI is InChI=1S/C23H25N3O/c1-18(2)26(17-19-10-6-4-7-11-19)22-16-20(14-15-24-22)23(27)25(3)21-12-8-5-9-13-21/h4-16,18H,17H2,1-3H3. The highest BCUT2D eigenvalue weighted by atomic mass is 16.2. The predicted molar refractivity (Wildman–Crippen MR) is 111 cm³/mol. The van der Waals surface area contributed by atoms with Crippen LogP contribution in [0.2, 0.25) is 0 Å². The summed E-state index contributed by atoms with van der Waals surface area (Å²) in [6, 6.07) is 23.9. The summed E-state index contributed by atoms with van der Waals surface area (Å²) in [4.78, 5) is 21.3. The molecule has 3 aromatic rings. The molecule has 0 fully saturated rings. The van der Waals surface area contributed by atoms with E-state index in [-0.39, 0.29) is 11.9 Å². The summed E-state index contributed by atoms with van der Waals surface area (Å²) in [6.45, 7) is 5.02. The molecule has 0 aliphatic heterocycles. The van der Waals surface area contributed by atoms with E-state index < -0.39 is 0 Å². The van der Waals surface area contributed by atoms with E-state index in [1.807, 2.05) is 54.6 Å². The van der Waals surface area contributed by atoms with E-state index in [2.05, 4.69) is 35.9 Å². The largest absolute Gasteiger partial charge is 0.350 e. The molecular formula is C23H25N3O. The number of aromatic nitrogens is 1. The van der Waals surface area contributed by atoms with Crippen LogP contribution in [0.4, 0.5) is 11.5 Å². The molecule has 1 aromatic heterocycles. The lowest BCUT2D eigenvalue weighted by atomic mass is 10.1. The van der Waals surface area contributed by atoms with Gasteiger partial charge in [-0.15, -0.1) is 0 Å². The summed E-state index contributed by atoms with van der Waals surface area (Å²) in [7, 11) is 1.79. The minimum atomic E-state index is -0.0479. The fourth-order valence-corrected chi connectivity index (χ4v) is 2.98. The van der Waals surface area contributed by atoms with E-state index in [1.165, 1.54) is 5.56 Å². The van der Waals surface area contributed by atoms with Gasteiger partial charge in [-0.2, -0.15) is 0 Å². The highest BCUT2D eigenvalue weighted by molar-refractivity contribution is 6.06. The Bertz CT molecular complexity index is 878. The molecule has 0 spiro atoms. The Balaban J connectivity index is 1.85. The van der Waals surface area contributed by atoms with Crippen molar-refractivity contribution in [1.82, 2.24) is 4.98 Å². The SMILES string of the molecule is CC(C)N(Cc1ccccc1)c1cc(C(=O)N(C)c2ccccc2)ccn1. The topological polar surface area (TPSA) is 36.4 Å². The van der Waals surface area contributed by atoms with Crippen molar-refractivity contribution in [1.29, 1.82) is 0 Å². The Labute approximate surface area is 161 Å². The number of carbonyl (C=O) groups is 1. The van der Waals surface area contributed by atoms with Crippen molar-refractivity contribution in [2.45, 2.75) is 26.4 Å². The molecule has 0 bridgehead atoms.